The zero-order valence-electron chi connectivity index (χ0n) is 21.4. The van der Waals surface area contributed by atoms with Gasteiger partial charge in [-0.25, -0.2) is 9.13 Å². The second-order valence-electron chi connectivity index (χ2n) is 9.05. The predicted octanol–water partition coefficient (Wildman–Crippen LogP) is 8.43. The molecule has 0 fully saturated rings. The molecular weight excluding hydrogens is 501 g/mol. The molecule has 0 spiro atoms. The van der Waals surface area contributed by atoms with Gasteiger partial charge in [0.25, 0.3) is 0 Å². The molecule has 0 heterocycles. The Balaban J connectivity index is 0. The normalized spacial score (nSPS) is 12.1. The Hall–Kier alpha value is 1.90. The van der Waals surface area contributed by atoms with E-state index in [0.717, 1.165) is 38.5 Å². The van der Waals surface area contributed by atoms with E-state index in [2.05, 4.69) is 18.2 Å². The van der Waals surface area contributed by atoms with Gasteiger partial charge in [0.15, 0.2) is 0 Å². The Morgan fingerprint density at radius 1 is 0.500 bits per heavy atom. The van der Waals surface area contributed by atoms with Crippen molar-refractivity contribution >= 4 is 67.0 Å². The van der Waals surface area contributed by atoms with Crippen LogP contribution in [0.15, 0.2) is 0 Å². The van der Waals surface area contributed by atoms with Gasteiger partial charge in [0, 0.05) is 0 Å². The SMILES string of the molecule is CCCCCCCCCCCCOP(=O)(OCCCCCCCCCCCC)OP(=O)(O)O.[KH]. The van der Waals surface area contributed by atoms with Gasteiger partial charge in [0.05, 0.1) is 13.2 Å². The van der Waals surface area contributed by atoms with Gasteiger partial charge in [-0.2, -0.15) is 4.31 Å². The number of hydrogen-bond donors (Lipinski definition) is 2. The first-order valence-corrected chi connectivity index (χ1v) is 16.5. The third-order valence-corrected chi connectivity index (χ3v) is 8.35. The second-order valence-corrected chi connectivity index (χ2v) is 12.1. The van der Waals surface area contributed by atoms with Crippen LogP contribution in [0.1, 0.15) is 142 Å². The maximum absolute atomic E-state index is 12.6. The van der Waals surface area contributed by atoms with Crippen LogP contribution in [0.4, 0.5) is 0 Å². The molecule has 0 aliphatic carbocycles. The van der Waals surface area contributed by atoms with Crippen LogP contribution in [0.25, 0.3) is 0 Å². The van der Waals surface area contributed by atoms with Crippen molar-refractivity contribution in [1.29, 1.82) is 0 Å². The van der Waals surface area contributed by atoms with E-state index in [1.165, 1.54) is 77.0 Å². The van der Waals surface area contributed by atoms with Gasteiger partial charge >= 0.3 is 67.0 Å². The third kappa shape index (κ3) is 28.5. The Morgan fingerprint density at radius 2 is 0.765 bits per heavy atom. The number of hydrogen-bond acceptors (Lipinski definition) is 5. The van der Waals surface area contributed by atoms with E-state index in [9.17, 15) is 9.13 Å². The van der Waals surface area contributed by atoms with E-state index >= 15 is 0 Å². The number of phosphoric acid groups is 2. The average Bonchev–Trinajstić information content (AvgIpc) is 2.74. The summed E-state index contributed by atoms with van der Waals surface area (Å²) in [4.78, 5) is 18.1. The van der Waals surface area contributed by atoms with E-state index < -0.39 is 15.6 Å². The molecule has 0 aliphatic rings. The fraction of sp³-hybridized carbons (Fsp3) is 1.00. The molecule has 0 aliphatic heterocycles. The molecule has 0 aromatic carbocycles. The Labute approximate surface area is 252 Å². The van der Waals surface area contributed by atoms with E-state index in [0.29, 0.717) is 12.8 Å². The zero-order valence-corrected chi connectivity index (χ0v) is 23.2. The molecular formula is C24H53KO7P2. The van der Waals surface area contributed by atoms with E-state index in [1.807, 2.05) is 0 Å². The third-order valence-electron chi connectivity index (χ3n) is 5.70. The summed E-state index contributed by atoms with van der Waals surface area (Å²) >= 11 is 0. The monoisotopic (exact) mass is 554 g/mol. The van der Waals surface area contributed by atoms with Crippen LogP contribution in [0, 0.1) is 0 Å². The van der Waals surface area contributed by atoms with Crippen molar-refractivity contribution in [1.82, 2.24) is 0 Å². The van der Waals surface area contributed by atoms with Gasteiger partial charge in [-0.1, -0.05) is 129 Å². The predicted molar refractivity (Wildman–Crippen MR) is 143 cm³/mol. The van der Waals surface area contributed by atoms with Crippen LogP contribution in [0.3, 0.4) is 0 Å². The van der Waals surface area contributed by atoms with Crippen LogP contribution in [-0.4, -0.2) is 74.4 Å². The van der Waals surface area contributed by atoms with Crippen LogP contribution in [-0.2, 0) is 22.5 Å². The summed E-state index contributed by atoms with van der Waals surface area (Å²) < 4.78 is 38.5. The van der Waals surface area contributed by atoms with Gasteiger partial charge in [0.1, 0.15) is 0 Å². The minimum atomic E-state index is -4.96. The number of unbranched alkanes of at least 4 members (excludes halogenated alkanes) is 18. The minimum absolute atomic E-state index is 0. The van der Waals surface area contributed by atoms with Crippen molar-refractivity contribution in [2.75, 3.05) is 13.2 Å². The van der Waals surface area contributed by atoms with Crippen LogP contribution in [0.5, 0.6) is 0 Å². The first-order chi connectivity index (χ1) is 15.8. The zero-order chi connectivity index (χ0) is 24.7. The average molecular weight is 555 g/mol. The first-order valence-electron chi connectivity index (χ1n) is 13.5. The summed E-state index contributed by atoms with van der Waals surface area (Å²) in [5.41, 5.74) is 0. The Kier molecular flexibility index (Phi) is 29.7. The summed E-state index contributed by atoms with van der Waals surface area (Å²) in [6, 6.07) is 0. The summed E-state index contributed by atoms with van der Waals surface area (Å²) in [6.45, 7) is 4.64. The Morgan fingerprint density at radius 3 is 1.03 bits per heavy atom. The van der Waals surface area contributed by atoms with Crippen LogP contribution < -0.4 is 0 Å². The maximum atomic E-state index is 12.6. The molecule has 202 valence electrons. The van der Waals surface area contributed by atoms with Gasteiger partial charge in [-0.15, -0.1) is 0 Å². The molecule has 0 rings (SSSR count). The van der Waals surface area contributed by atoms with E-state index in [4.69, 9.17) is 18.8 Å². The fourth-order valence-electron chi connectivity index (χ4n) is 3.75. The molecule has 0 saturated heterocycles. The molecule has 0 bridgehead atoms. The summed E-state index contributed by atoms with van der Waals surface area (Å²) in [7, 11) is -9.22. The number of rotatable bonds is 26. The standard InChI is InChI=1S/C24H52O7P2.K.H/c1-3-5-7-9-11-13-15-17-19-21-23-29-33(28,31-32(25,26)27)30-24-22-20-18-16-14-12-10-8-6-4-2;;/h3-24H2,1-2H3,(H2,25,26,27);;. The molecule has 10 heteroatoms. The summed E-state index contributed by atoms with van der Waals surface area (Å²) in [5, 5.41) is 0. The second kappa shape index (κ2) is 26.5. The van der Waals surface area contributed by atoms with Gasteiger partial charge in [0.2, 0.25) is 0 Å². The summed E-state index contributed by atoms with van der Waals surface area (Å²) in [5.74, 6) is 0. The molecule has 0 aromatic rings. The van der Waals surface area contributed by atoms with Crippen LogP contribution >= 0.6 is 15.6 Å². The quantitative estimate of drug-likeness (QED) is 0.0628. The van der Waals surface area contributed by atoms with Crippen molar-refractivity contribution in [2.24, 2.45) is 0 Å². The fourth-order valence-corrected chi connectivity index (χ4v) is 5.95. The van der Waals surface area contributed by atoms with E-state index in [-0.39, 0.29) is 64.6 Å². The molecule has 0 saturated carbocycles. The van der Waals surface area contributed by atoms with Crippen molar-refractivity contribution in [2.45, 2.75) is 142 Å². The molecule has 34 heavy (non-hydrogen) atoms. The molecule has 7 nitrogen and oxygen atoms in total. The first kappa shape index (κ1) is 38.0. The molecule has 0 amide bonds. The number of phosphoric ester groups is 1. The van der Waals surface area contributed by atoms with Crippen molar-refractivity contribution < 1.29 is 32.3 Å². The topological polar surface area (TPSA) is 102 Å². The molecule has 0 unspecified atom stereocenters. The molecule has 0 aromatic heterocycles. The van der Waals surface area contributed by atoms with Crippen molar-refractivity contribution in [3.8, 4) is 0 Å². The Bertz CT molecular complexity index is 488. The van der Waals surface area contributed by atoms with Crippen molar-refractivity contribution in [3.63, 3.8) is 0 Å². The van der Waals surface area contributed by atoms with E-state index in [1.54, 1.807) is 0 Å². The van der Waals surface area contributed by atoms with Gasteiger partial charge in [-0.3, -0.25) is 9.05 Å². The van der Waals surface area contributed by atoms with Crippen LogP contribution in [0.2, 0.25) is 0 Å². The van der Waals surface area contributed by atoms with Crippen molar-refractivity contribution in [3.05, 3.63) is 0 Å². The van der Waals surface area contributed by atoms with Gasteiger partial charge < -0.3 is 9.79 Å². The molecule has 0 atom stereocenters. The molecule has 0 radical (unpaired) electrons. The molecule has 2 N–H and O–H groups in total. The summed E-state index contributed by atoms with van der Waals surface area (Å²) in [6.07, 6.45) is 23.0. The van der Waals surface area contributed by atoms with Gasteiger partial charge in [-0.05, 0) is 12.8 Å².